The van der Waals surface area contributed by atoms with Crippen molar-refractivity contribution in [3.63, 3.8) is 0 Å². The highest BCUT2D eigenvalue weighted by Gasteiger charge is 2.30. The summed E-state index contributed by atoms with van der Waals surface area (Å²) in [4.78, 5) is 28.6. The van der Waals surface area contributed by atoms with Gasteiger partial charge in [-0.2, -0.15) is 0 Å². The summed E-state index contributed by atoms with van der Waals surface area (Å²) < 4.78 is 0. The molecule has 3 rings (SSSR count). The standard InChI is InChI=1S/C29H32Cl2N2O2S/c1-3-15-32-29(35)27(17-22-7-5-4-6-8-22)33(18-24-13-14-25(30)26(31)16-24)28(34)20-36-19-23-11-9-21(2)10-12-23/h4-14,16,27H,3,15,17-20H2,1-2H3,(H,32,35). The zero-order valence-electron chi connectivity index (χ0n) is 20.7. The van der Waals surface area contributed by atoms with Gasteiger partial charge in [-0.25, -0.2) is 0 Å². The lowest BCUT2D eigenvalue weighted by Crippen LogP contribution is -2.51. The van der Waals surface area contributed by atoms with E-state index >= 15 is 0 Å². The van der Waals surface area contributed by atoms with Crippen LogP contribution in [0.2, 0.25) is 10.0 Å². The average molecular weight is 544 g/mol. The first-order chi connectivity index (χ1) is 17.4. The van der Waals surface area contributed by atoms with Crippen molar-refractivity contribution in [1.29, 1.82) is 0 Å². The maximum atomic E-state index is 13.6. The maximum Gasteiger partial charge on any atom is 0.243 e. The van der Waals surface area contributed by atoms with E-state index in [0.29, 0.717) is 23.0 Å². The van der Waals surface area contributed by atoms with Crippen LogP contribution in [0.4, 0.5) is 0 Å². The van der Waals surface area contributed by atoms with E-state index in [2.05, 4.69) is 36.5 Å². The molecule has 3 aromatic carbocycles. The summed E-state index contributed by atoms with van der Waals surface area (Å²) in [6.07, 6.45) is 1.24. The number of carbonyl (C=O) groups excluding carboxylic acids is 2. The summed E-state index contributed by atoms with van der Waals surface area (Å²) in [6, 6.07) is 22.8. The quantitative estimate of drug-likeness (QED) is 0.277. The topological polar surface area (TPSA) is 49.4 Å². The molecule has 0 saturated heterocycles. The van der Waals surface area contributed by atoms with Crippen LogP contribution in [0.3, 0.4) is 0 Å². The summed E-state index contributed by atoms with van der Waals surface area (Å²) in [7, 11) is 0. The van der Waals surface area contributed by atoms with Crippen LogP contribution in [0.25, 0.3) is 0 Å². The molecule has 0 aliphatic rings. The molecule has 0 spiro atoms. The van der Waals surface area contributed by atoms with E-state index in [1.54, 1.807) is 28.8 Å². The predicted octanol–water partition coefficient (Wildman–Crippen LogP) is 6.70. The Kier molecular flexibility index (Phi) is 11.2. The molecular formula is C29H32Cl2N2O2S. The van der Waals surface area contributed by atoms with Gasteiger partial charge in [0.15, 0.2) is 0 Å². The lowest BCUT2D eigenvalue weighted by molar-refractivity contribution is -0.139. The second kappa shape index (κ2) is 14.3. The predicted molar refractivity (Wildman–Crippen MR) is 152 cm³/mol. The normalized spacial score (nSPS) is 11.7. The SMILES string of the molecule is CCCNC(=O)C(Cc1ccccc1)N(Cc1ccc(Cl)c(Cl)c1)C(=O)CSCc1ccc(C)cc1. The van der Waals surface area contributed by atoms with Gasteiger partial charge in [0.25, 0.3) is 0 Å². The third-order valence-electron chi connectivity index (χ3n) is 5.77. The number of amides is 2. The highest BCUT2D eigenvalue weighted by molar-refractivity contribution is 7.99. The lowest BCUT2D eigenvalue weighted by atomic mass is 10.0. The Bertz CT molecular complexity index is 1140. The van der Waals surface area contributed by atoms with E-state index in [9.17, 15) is 9.59 Å². The van der Waals surface area contributed by atoms with Crippen molar-refractivity contribution < 1.29 is 9.59 Å². The molecular weight excluding hydrogens is 511 g/mol. The minimum absolute atomic E-state index is 0.0919. The van der Waals surface area contributed by atoms with Crippen LogP contribution in [-0.4, -0.2) is 35.1 Å². The lowest BCUT2D eigenvalue weighted by Gasteiger charge is -2.31. The average Bonchev–Trinajstić information content (AvgIpc) is 2.88. The van der Waals surface area contributed by atoms with Gasteiger partial charge in [0, 0.05) is 25.3 Å². The Morgan fingerprint density at radius 1 is 0.917 bits per heavy atom. The van der Waals surface area contributed by atoms with E-state index < -0.39 is 6.04 Å². The first-order valence-corrected chi connectivity index (χ1v) is 14.0. The molecule has 4 nitrogen and oxygen atoms in total. The van der Waals surface area contributed by atoms with Gasteiger partial charge in [-0.15, -0.1) is 11.8 Å². The smallest absolute Gasteiger partial charge is 0.243 e. The van der Waals surface area contributed by atoms with Crippen molar-refractivity contribution in [3.8, 4) is 0 Å². The number of carbonyl (C=O) groups is 2. The van der Waals surface area contributed by atoms with Gasteiger partial charge in [-0.3, -0.25) is 9.59 Å². The molecule has 1 unspecified atom stereocenters. The Morgan fingerprint density at radius 3 is 2.28 bits per heavy atom. The molecule has 0 fully saturated rings. The molecule has 0 aliphatic carbocycles. The number of benzene rings is 3. The van der Waals surface area contributed by atoms with Gasteiger partial charge in [-0.1, -0.05) is 96.4 Å². The summed E-state index contributed by atoms with van der Waals surface area (Å²) in [5.41, 5.74) is 4.18. The molecule has 190 valence electrons. The Hall–Kier alpha value is -2.47. The number of hydrogen-bond acceptors (Lipinski definition) is 3. The number of nitrogens with one attached hydrogen (secondary N) is 1. The molecule has 0 aliphatic heterocycles. The fourth-order valence-corrected chi connectivity index (χ4v) is 4.97. The highest BCUT2D eigenvalue weighted by Crippen LogP contribution is 2.25. The van der Waals surface area contributed by atoms with Crippen molar-refractivity contribution in [2.75, 3.05) is 12.3 Å². The minimum atomic E-state index is -0.652. The van der Waals surface area contributed by atoms with Crippen LogP contribution in [0.15, 0.2) is 72.8 Å². The van der Waals surface area contributed by atoms with Crippen molar-refractivity contribution in [1.82, 2.24) is 10.2 Å². The number of thioether (sulfide) groups is 1. The molecule has 7 heteroatoms. The second-order valence-corrected chi connectivity index (χ2v) is 10.5. The third kappa shape index (κ3) is 8.58. The largest absolute Gasteiger partial charge is 0.354 e. The van der Waals surface area contributed by atoms with Crippen LogP contribution >= 0.6 is 35.0 Å². The zero-order valence-corrected chi connectivity index (χ0v) is 23.0. The fourth-order valence-electron chi connectivity index (χ4n) is 3.78. The third-order valence-corrected chi connectivity index (χ3v) is 7.50. The van der Waals surface area contributed by atoms with Gasteiger partial charge in [0.1, 0.15) is 6.04 Å². The Morgan fingerprint density at radius 2 is 1.61 bits per heavy atom. The molecule has 0 radical (unpaired) electrons. The summed E-state index contributed by atoms with van der Waals surface area (Å²) in [6.45, 7) is 4.88. The number of rotatable bonds is 12. The van der Waals surface area contributed by atoms with E-state index in [-0.39, 0.29) is 24.1 Å². The van der Waals surface area contributed by atoms with E-state index in [4.69, 9.17) is 23.2 Å². The van der Waals surface area contributed by atoms with Gasteiger partial charge < -0.3 is 10.2 Å². The Balaban J connectivity index is 1.84. The molecule has 0 saturated carbocycles. The summed E-state index contributed by atoms with van der Waals surface area (Å²) in [5, 5.41) is 3.87. The molecule has 0 aromatic heterocycles. The zero-order chi connectivity index (χ0) is 25.9. The van der Waals surface area contributed by atoms with Gasteiger partial charge in [0.2, 0.25) is 11.8 Å². The molecule has 0 bridgehead atoms. The summed E-state index contributed by atoms with van der Waals surface area (Å²) >= 11 is 13.9. The molecule has 1 N–H and O–H groups in total. The van der Waals surface area contributed by atoms with E-state index in [0.717, 1.165) is 28.9 Å². The number of nitrogens with zero attached hydrogens (tertiary/aromatic N) is 1. The van der Waals surface area contributed by atoms with Crippen LogP contribution in [0, 0.1) is 6.92 Å². The van der Waals surface area contributed by atoms with Crippen LogP contribution < -0.4 is 5.32 Å². The van der Waals surface area contributed by atoms with Crippen molar-refractivity contribution in [2.45, 2.75) is 45.0 Å². The Labute approximate surface area is 228 Å². The number of halogens is 2. The van der Waals surface area contributed by atoms with E-state index in [1.165, 1.54) is 5.56 Å². The minimum Gasteiger partial charge on any atom is -0.354 e. The van der Waals surface area contributed by atoms with Gasteiger partial charge in [0.05, 0.1) is 15.8 Å². The van der Waals surface area contributed by atoms with E-state index in [1.807, 2.05) is 43.3 Å². The molecule has 3 aromatic rings. The highest BCUT2D eigenvalue weighted by atomic mass is 35.5. The van der Waals surface area contributed by atoms with Crippen LogP contribution in [0.5, 0.6) is 0 Å². The summed E-state index contributed by atoms with van der Waals surface area (Å²) in [5.74, 6) is 0.739. The second-order valence-electron chi connectivity index (χ2n) is 8.75. The molecule has 0 heterocycles. The van der Waals surface area contributed by atoms with Gasteiger partial charge in [-0.05, 0) is 42.2 Å². The van der Waals surface area contributed by atoms with Crippen LogP contribution in [0.1, 0.15) is 35.6 Å². The van der Waals surface area contributed by atoms with Crippen molar-refractivity contribution in [3.05, 3.63) is 105 Å². The molecule has 1 atom stereocenters. The van der Waals surface area contributed by atoms with Crippen LogP contribution in [-0.2, 0) is 28.3 Å². The fraction of sp³-hybridized carbons (Fsp3) is 0.310. The maximum absolute atomic E-state index is 13.6. The number of hydrogen-bond donors (Lipinski definition) is 1. The number of aryl methyl sites for hydroxylation is 1. The monoisotopic (exact) mass is 542 g/mol. The molecule has 2 amide bonds. The first kappa shape index (κ1) is 28.1. The molecule has 36 heavy (non-hydrogen) atoms. The first-order valence-electron chi connectivity index (χ1n) is 12.1. The van der Waals surface area contributed by atoms with Crippen molar-refractivity contribution >= 4 is 46.8 Å². The van der Waals surface area contributed by atoms with Gasteiger partial charge >= 0.3 is 0 Å². The van der Waals surface area contributed by atoms with Crippen molar-refractivity contribution in [2.24, 2.45) is 0 Å².